The lowest BCUT2D eigenvalue weighted by Gasteiger charge is -2.07. The molecule has 2 N–H and O–H groups in total. The first-order valence-electron chi connectivity index (χ1n) is 8.24. The van der Waals surface area contributed by atoms with Gasteiger partial charge < -0.3 is 5.32 Å². The molecule has 0 aliphatic heterocycles. The summed E-state index contributed by atoms with van der Waals surface area (Å²) >= 11 is 1.31. The van der Waals surface area contributed by atoms with Gasteiger partial charge in [0.15, 0.2) is 5.13 Å². The van der Waals surface area contributed by atoms with E-state index in [2.05, 4.69) is 15.6 Å². The molecule has 3 rings (SSSR count). The van der Waals surface area contributed by atoms with Crippen molar-refractivity contribution in [3.05, 3.63) is 82.4 Å². The Bertz CT molecular complexity index is 906. The summed E-state index contributed by atoms with van der Waals surface area (Å²) in [6.07, 6.45) is 0.184. The zero-order chi connectivity index (χ0) is 18.4. The van der Waals surface area contributed by atoms with Crippen LogP contribution in [0.5, 0.6) is 0 Å². The summed E-state index contributed by atoms with van der Waals surface area (Å²) < 4.78 is 0. The van der Waals surface area contributed by atoms with Crippen molar-refractivity contribution < 1.29 is 9.59 Å². The normalized spacial score (nSPS) is 10.3. The number of hydrogen-bond acceptors (Lipinski definition) is 4. The van der Waals surface area contributed by atoms with Crippen LogP contribution in [0.4, 0.5) is 5.13 Å². The van der Waals surface area contributed by atoms with Gasteiger partial charge in [-0.2, -0.15) is 0 Å². The molecular formula is C20H19N3O2S. The lowest BCUT2D eigenvalue weighted by molar-refractivity contribution is -0.120. The van der Waals surface area contributed by atoms with Gasteiger partial charge in [0.05, 0.1) is 12.1 Å². The summed E-state index contributed by atoms with van der Waals surface area (Å²) in [5.41, 5.74) is 3.45. The smallest absolute Gasteiger partial charge is 0.257 e. The van der Waals surface area contributed by atoms with Gasteiger partial charge in [-0.25, -0.2) is 4.98 Å². The van der Waals surface area contributed by atoms with E-state index < -0.39 is 0 Å². The van der Waals surface area contributed by atoms with Crippen molar-refractivity contribution in [2.45, 2.75) is 19.9 Å². The van der Waals surface area contributed by atoms with Gasteiger partial charge >= 0.3 is 0 Å². The minimum Gasteiger partial charge on any atom is -0.352 e. The van der Waals surface area contributed by atoms with Crippen LogP contribution in [0.1, 0.15) is 27.2 Å². The Morgan fingerprint density at radius 3 is 2.54 bits per heavy atom. The van der Waals surface area contributed by atoms with E-state index in [1.807, 2.05) is 37.3 Å². The van der Waals surface area contributed by atoms with Crippen molar-refractivity contribution in [2.24, 2.45) is 0 Å². The Morgan fingerprint density at radius 2 is 1.77 bits per heavy atom. The first-order chi connectivity index (χ1) is 12.6. The molecule has 2 aromatic carbocycles. The van der Waals surface area contributed by atoms with Crippen molar-refractivity contribution in [3.63, 3.8) is 0 Å². The summed E-state index contributed by atoms with van der Waals surface area (Å²) in [5, 5.41) is 7.93. The molecule has 1 heterocycles. The van der Waals surface area contributed by atoms with Gasteiger partial charge in [-0.05, 0) is 30.2 Å². The van der Waals surface area contributed by atoms with E-state index in [4.69, 9.17) is 0 Å². The minimum atomic E-state index is -0.212. The average molecular weight is 365 g/mol. The SMILES string of the molecule is Cc1ccccc1CNC(=O)Cc1csc(NC(=O)c2ccccc2)n1. The molecule has 5 nitrogen and oxygen atoms in total. The fourth-order valence-electron chi connectivity index (χ4n) is 2.43. The molecule has 0 atom stereocenters. The first kappa shape index (κ1) is 17.8. The third kappa shape index (κ3) is 4.77. The number of carbonyl (C=O) groups excluding carboxylic acids is 2. The number of hydrogen-bond donors (Lipinski definition) is 2. The van der Waals surface area contributed by atoms with Crippen LogP contribution in [0.3, 0.4) is 0 Å². The molecule has 0 aliphatic carbocycles. The molecule has 0 spiro atoms. The predicted octanol–water partition coefficient (Wildman–Crippen LogP) is 3.56. The van der Waals surface area contributed by atoms with E-state index in [9.17, 15) is 9.59 Å². The number of anilines is 1. The molecular weight excluding hydrogens is 346 g/mol. The Hall–Kier alpha value is -2.99. The standard InChI is InChI=1S/C20H19N3O2S/c1-14-7-5-6-10-16(14)12-21-18(24)11-17-13-26-20(22-17)23-19(25)15-8-3-2-4-9-15/h2-10,13H,11-12H2,1H3,(H,21,24)(H,22,23,25). The zero-order valence-corrected chi connectivity index (χ0v) is 15.2. The van der Waals surface area contributed by atoms with E-state index in [1.165, 1.54) is 11.3 Å². The highest BCUT2D eigenvalue weighted by molar-refractivity contribution is 7.14. The zero-order valence-electron chi connectivity index (χ0n) is 14.4. The maximum atomic E-state index is 12.1. The molecule has 0 radical (unpaired) electrons. The Balaban J connectivity index is 1.52. The van der Waals surface area contributed by atoms with Crippen LogP contribution in [0.2, 0.25) is 0 Å². The quantitative estimate of drug-likeness (QED) is 0.702. The highest BCUT2D eigenvalue weighted by Gasteiger charge is 2.11. The first-order valence-corrected chi connectivity index (χ1v) is 9.12. The summed E-state index contributed by atoms with van der Waals surface area (Å²) in [7, 11) is 0. The summed E-state index contributed by atoms with van der Waals surface area (Å²) in [4.78, 5) is 28.5. The molecule has 0 bridgehead atoms. The van der Waals surface area contributed by atoms with Crippen LogP contribution < -0.4 is 10.6 Å². The topological polar surface area (TPSA) is 71.1 Å². The van der Waals surface area contributed by atoms with Crippen molar-refractivity contribution in [2.75, 3.05) is 5.32 Å². The second-order valence-corrected chi connectivity index (χ2v) is 6.70. The number of aryl methyl sites for hydroxylation is 1. The maximum absolute atomic E-state index is 12.1. The van der Waals surface area contributed by atoms with E-state index >= 15 is 0 Å². The monoisotopic (exact) mass is 365 g/mol. The molecule has 2 amide bonds. The van der Waals surface area contributed by atoms with Gasteiger partial charge in [0.1, 0.15) is 0 Å². The number of benzene rings is 2. The molecule has 3 aromatic rings. The average Bonchev–Trinajstić information content (AvgIpc) is 3.08. The van der Waals surface area contributed by atoms with Crippen LogP contribution in [-0.2, 0) is 17.8 Å². The number of thiazole rings is 1. The highest BCUT2D eigenvalue weighted by atomic mass is 32.1. The second kappa shape index (κ2) is 8.40. The Kier molecular flexibility index (Phi) is 5.76. The Labute approximate surface area is 156 Å². The van der Waals surface area contributed by atoms with Crippen molar-refractivity contribution in [3.8, 4) is 0 Å². The van der Waals surface area contributed by atoms with Crippen LogP contribution in [0.25, 0.3) is 0 Å². The highest BCUT2D eigenvalue weighted by Crippen LogP contribution is 2.17. The lowest BCUT2D eigenvalue weighted by Crippen LogP contribution is -2.25. The van der Waals surface area contributed by atoms with Crippen LogP contribution >= 0.6 is 11.3 Å². The van der Waals surface area contributed by atoms with Gasteiger partial charge in [-0.3, -0.25) is 14.9 Å². The maximum Gasteiger partial charge on any atom is 0.257 e. The fourth-order valence-corrected chi connectivity index (χ4v) is 3.14. The summed E-state index contributed by atoms with van der Waals surface area (Å²) in [6, 6.07) is 16.9. The fraction of sp³-hybridized carbons (Fsp3) is 0.150. The predicted molar refractivity (Wildman–Crippen MR) is 103 cm³/mol. The molecule has 0 saturated heterocycles. The summed E-state index contributed by atoms with van der Waals surface area (Å²) in [5.74, 6) is -0.310. The molecule has 6 heteroatoms. The van der Waals surface area contributed by atoms with E-state index in [-0.39, 0.29) is 18.2 Å². The number of nitrogens with zero attached hydrogens (tertiary/aromatic N) is 1. The van der Waals surface area contributed by atoms with Crippen molar-refractivity contribution in [1.82, 2.24) is 10.3 Å². The Morgan fingerprint density at radius 1 is 1.04 bits per heavy atom. The molecule has 132 valence electrons. The van der Waals surface area contributed by atoms with Gasteiger partial charge in [-0.15, -0.1) is 11.3 Å². The van der Waals surface area contributed by atoms with Crippen LogP contribution in [0, 0.1) is 6.92 Å². The lowest BCUT2D eigenvalue weighted by atomic mass is 10.1. The number of carbonyl (C=O) groups is 2. The van der Waals surface area contributed by atoms with Crippen molar-refractivity contribution >= 4 is 28.3 Å². The largest absolute Gasteiger partial charge is 0.352 e. The number of nitrogens with one attached hydrogen (secondary N) is 2. The second-order valence-electron chi connectivity index (χ2n) is 5.84. The molecule has 1 aromatic heterocycles. The third-order valence-corrected chi connectivity index (χ3v) is 4.69. The van der Waals surface area contributed by atoms with E-state index in [0.29, 0.717) is 22.9 Å². The molecule has 0 aliphatic rings. The molecule has 0 unspecified atom stereocenters. The minimum absolute atomic E-state index is 0.0977. The van der Waals surface area contributed by atoms with Gasteiger partial charge in [0.25, 0.3) is 5.91 Å². The van der Waals surface area contributed by atoms with Crippen molar-refractivity contribution in [1.29, 1.82) is 0 Å². The van der Waals surface area contributed by atoms with Gasteiger partial charge in [0, 0.05) is 17.5 Å². The summed E-state index contributed by atoms with van der Waals surface area (Å²) in [6.45, 7) is 2.51. The van der Waals surface area contributed by atoms with E-state index in [1.54, 1.807) is 29.6 Å². The van der Waals surface area contributed by atoms with Gasteiger partial charge in [0.2, 0.25) is 5.91 Å². The number of aromatic nitrogens is 1. The van der Waals surface area contributed by atoms with Gasteiger partial charge in [-0.1, -0.05) is 42.5 Å². The molecule has 0 fully saturated rings. The number of amides is 2. The van der Waals surface area contributed by atoms with E-state index in [0.717, 1.165) is 11.1 Å². The van der Waals surface area contributed by atoms with Crippen LogP contribution in [-0.4, -0.2) is 16.8 Å². The number of rotatable bonds is 6. The van der Waals surface area contributed by atoms with Crippen LogP contribution in [0.15, 0.2) is 60.0 Å². The third-order valence-electron chi connectivity index (χ3n) is 3.89. The molecule has 0 saturated carbocycles. The molecule has 26 heavy (non-hydrogen) atoms.